The van der Waals surface area contributed by atoms with Crippen molar-refractivity contribution in [2.75, 3.05) is 6.54 Å². The molecule has 3 heterocycles. The van der Waals surface area contributed by atoms with Gasteiger partial charge in [-0.1, -0.05) is 0 Å². The van der Waals surface area contributed by atoms with E-state index < -0.39 is 0 Å². The van der Waals surface area contributed by atoms with Crippen LogP contribution in [-0.4, -0.2) is 50.2 Å². The Hall–Kier alpha value is -1.40. The molecule has 0 saturated carbocycles. The van der Waals surface area contributed by atoms with Crippen LogP contribution in [0.4, 0.5) is 0 Å². The van der Waals surface area contributed by atoms with Crippen LogP contribution in [0.25, 0.3) is 0 Å². The Bertz CT molecular complexity index is 459. The Morgan fingerprint density at radius 3 is 2.74 bits per heavy atom. The number of aliphatic hydroxyl groups excluding tert-OH is 1. The molecule has 0 spiro atoms. The van der Waals surface area contributed by atoms with Crippen LogP contribution in [-0.2, 0) is 6.54 Å². The second-order valence-electron chi connectivity index (χ2n) is 5.51. The first-order chi connectivity index (χ1) is 9.19. The fraction of sp³-hybridized carbons (Fsp3) is 0.692. The fourth-order valence-corrected chi connectivity index (χ4v) is 3.35. The summed E-state index contributed by atoms with van der Waals surface area (Å²) in [4.78, 5) is 18.6. The number of carbonyl (C=O) groups is 1. The standard InChI is InChI=1S/C13H20N4O2/c14-3-4-16-7-12(15-8-16)13(19)17-9-1-2-10(17)6-11(18)5-9/h7-11,18H,1-6,14H2. The van der Waals surface area contributed by atoms with E-state index in [1.165, 1.54) is 0 Å². The number of piperidine rings is 1. The Labute approximate surface area is 112 Å². The number of carbonyl (C=O) groups excluding carboxylic acids is 1. The number of fused-ring (bicyclic) bond motifs is 2. The van der Waals surface area contributed by atoms with Gasteiger partial charge in [0.15, 0.2) is 0 Å². The quantitative estimate of drug-likeness (QED) is 0.803. The van der Waals surface area contributed by atoms with E-state index in [2.05, 4.69) is 4.98 Å². The summed E-state index contributed by atoms with van der Waals surface area (Å²) < 4.78 is 1.84. The van der Waals surface area contributed by atoms with Crippen molar-refractivity contribution in [2.24, 2.45) is 5.73 Å². The van der Waals surface area contributed by atoms with E-state index in [4.69, 9.17) is 5.73 Å². The highest BCUT2D eigenvalue weighted by molar-refractivity contribution is 5.92. The summed E-state index contributed by atoms with van der Waals surface area (Å²) in [6, 6.07) is 0.363. The fourth-order valence-electron chi connectivity index (χ4n) is 3.35. The van der Waals surface area contributed by atoms with Gasteiger partial charge in [0.05, 0.1) is 12.4 Å². The number of hydrogen-bond acceptors (Lipinski definition) is 4. The molecule has 2 aliphatic heterocycles. The summed E-state index contributed by atoms with van der Waals surface area (Å²) >= 11 is 0. The van der Waals surface area contributed by atoms with E-state index in [1.807, 2.05) is 9.47 Å². The molecule has 2 atom stereocenters. The van der Waals surface area contributed by atoms with Crippen LogP contribution in [0.3, 0.4) is 0 Å². The maximum Gasteiger partial charge on any atom is 0.274 e. The Kier molecular flexibility index (Phi) is 3.28. The molecule has 6 heteroatoms. The maximum atomic E-state index is 12.5. The molecule has 1 aromatic heterocycles. The molecule has 3 rings (SSSR count). The molecule has 104 valence electrons. The van der Waals surface area contributed by atoms with Crippen LogP contribution >= 0.6 is 0 Å². The molecule has 2 aliphatic rings. The number of nitrogens with two attached hydrogens (primary N) is 1. The van der Waals surface area contributed by atoms with Gasteiger partial charge in [0.25, 0.3) is 5.91 Å². The highest BCUT2D eigenvalue weighted by atomic mass is 16.3. The van der Waals surface area contributed by atoms with Crippen LogP contribution in [0.1, 0.15) is 36.2 Å². The lowest BCUT2D eigenvalue weighted by molar-refractivity contribution is 0.0283. The summed E-state index contributed by atoms with van der Waals surface area (Å²) in [7, 11) is 0. The molecule has 2 unspecified atom stereocenters. The van der Waals surface area contributed by atoms with Crippen molar-refractivity contribution in [1.82, 2.24) is 14.5 Å². The largest absolute Gasteiger partial charge is 0.393 e. The molecular weight excluding hydrogens is 244 g/mol. The van der Waals surface area contributed by atoms with Gasteiger partial charge in [-0.3, -0.25) is 4.79 Å². The summed E-state index contributed by atoms with van der Waals surface area (Å²) in [6.45, 7) is 1.21. The second kappa shape index (κ2) is 4.94. The Morgan fingerprint density at radius 1 is 1.42 bits per heavy atom. The van der Waals surface area contributed by atoms with Gasteiger partial charge in [-0.15, -0.1) is 0 Å². The van der Waals surface area contributed by atoms with Crippen molar-refractivity contribution < 1.29 is 9.90 Å². The molecule has 19 heavy (non-hydrogen) atoms. The summed E-state index contributed by atoms with van der Waals surface area (Å²) in [5, 5.41) is 9.76. The van der Waals surface area contributed by atoms with E-state index in [1.54, 1.807) is 12.5 Å². The minimum atomic E-state index is -0.253. The molecule has 2 saturated heterocycles. The minimum absolute atomic E-state index is 0.00447. The van der Waals surface area contributed by atoms with E-state index >= 15 is 0 Å². The average molecular weight is 264 g/mol. The minimum Gasteiger partial charge on any atom is -0.393 e. The third-order valence-electron chi connectivity index (χ3n) is 4.18. The van der Waals surface area contributed by atoms with E-state index in [-0.39, 0.29) is 24.1 Å². The number of nitrogens with zero attached hydrogens (tertiary/aromatic N) is 3. The van der Waals surface area contributed by atoms with Crippen molar-refractivity contribution in [1.29, 1.82) is 0 Å². The zero-order valence-corrected chi connectivity index (χ0v) is 10.9. The number of imidazole rings is 1. The molecule has 6 nitrogen and oxygen atoms in total. The van der Waals surface area contributed by atoms with Gasteiger partial charge in [-0.25, -0.2) is 4.98 Å². The van der Waals surface area contributed by atoms with Gasteiger partial charge in [0.1, 0.15) is 5.69 Å². The van der Waals surface area contributed by atoms with Crippen molar-refractivity contribution in [3.63, 3.8) is 0 Å². The van der Waals surface area contributed by atoms with E-state index in [9.17, 15) is 9.90 Å². The molecule has 1 aromatic rings. The van der Waals surface area contributed by atoms with Crippen molar-refractivity contribution in [3.05, 3.63) is 18.2 Å². The topological polar surface area (TPSA) is 84.4 Å². The first-order valence-corrected chi connectivity index (χ1v) is 6.91. The predicted octanol–water partition coefficient (Wildman–Crippen LogP) is -0.0303. The van der Waals surface area contributed by atoms with Crippen LogP contribution in [0.2, 0.25) is 0 Å². The highest BCUT2D eigenvalue weighted by Gasteiger charge is 2.43. The van der Waals surface area contributed by atoms with Crippen LogP contribution in [0.15, 0.2) is 12.5 Å². The van der Waals surface area contributed by atoms with Crippen molar-refractivity contribution >= 4 is 5.91 Å². The smallest absolute Gasteiger partial charge is 0.274 e. The third-order valence-corrected chi connectivity index (χ3v) is 4.18. The zero-order valence-electron chi connectivity index (χ0n) is 10.9. The molecular formula is C13H20N4O2. The van der Waals surface area contributed by atoms with Crippen molar-refractivity contribution in [2.45, 2.75) is 50.4 Å². The number of rotatable bonds is 3. The Morgan fingerprint density at radius 2 is 2.11 bits per heavy atom. The SMILES string of the molecule is NCCn1cnc(C(=O)N2C3CCC2CC(O)C3)c1. The van der Waals surface area contributed by atoms with E-state index in [0.29, 0.717) is 31.6 Å². The lowest BCUT2D eigenvalue weighted by Gasteiger charge is -2.36. The van der Waals surface area contributed by atoms with Crippen LogP contribution in [0.5, 0.6) is 0 Å². The average Bonchev–Trinajstić information content (AvgIpc) is 2.93. The normalized spacial score (nSPS) is 29.8. The lowest BCUT2D eigenvalue weighted by atomic mass is 9.99. The summed E-state index contributed by atoms with van der Waals surface area (Å²) in [5.74, 6) is -0.00447. The van der Waals surface area contributed by atoms with Crippen LogP contribution < -0.4 is 5.73 Å². The second-order valence-corrected chi connectivity index (χ2v) is 5.51. The first-order valence-electron chi connectivity index (χ1n) is 6.91. The van der Waals surface area contributed by atoms with Gasteiger partial charge in [0.2, 0.25) is 0 Å². The highest BCUT2D eigenvalue weighted by Crippen LogP contribution is 2.36. The van der Waals surface area contributed by atoms with Gasteiger partial charge in [0, 0.05) is 31.4 Å². The molecule has 0 aromatic carbocycles. The molecule has 0 radical (unpaired) electrons. The maximum absolute atomic E-state index is 12.5. The number of hydrogen-bond donors (Lipinski definition) is 2. The summed E-state index contributed by atoms with van der Waals surface area (Å²) in [6.07, 6.45) is 6.56. The third kappa shape index (κ3) is 2.26. The van der Waals surface area contributed by atoms with Gasteiger partial charge in [-0.05, 0) is 25.7 Å². The molecule has 1 amide bonds. The molecule has 0 aliphatic carbocycles. The Balaban J connectivity index is 1.76. The van der Waals surface area contributed by atoms with Gasteiger partial charge in [-0.2, -0.15) is 0 Å². The lowest BCUT2D eigenvalue weighted by Crippen LogP contribution is -2.48. The van der Waals surface area contributed by atoms with Crippen molar-refractivity contribution in [3.8, 4) is 0 Å². The number of aromatic nitrogens is 2. The van der Waals surface area contributed by atoms with Crippen LogP contribution in [0, 0.1) is 0 Å². The van der Waals surface area contributed by atoms with Gasteiger partial charge < -0.3 is 20.3 Å². The first kappa shape index (κ1) is 12.6. The predicted molar refractivity (Wildman–Crippen MR) is 69.5 cm³/mol. The number of amides is 1. The molecule has 2 bridgehead atoms. The number of aliphatic hydroxyl groups is 1. The summed E-state index contributed by atoms with van der Waals surface area (Å²) in [5.41, 5.74) is 5.97. The monoisotopic (exact) mass is 264 g/mol. The molecule has 2 fully saturated rings. The molecule has 3 N–H and O–H groups in total. The van der Waals surface area contributed by atoms with E-state index in [0.717, 1.165) is 12.8 Å². The zero-order chi connectivity index (χ0) is 13.4. The van der Waals surface area contributed by atoms with Gasteiger partial charge >= 0.3 is 0 Å².